The van der Waals surface area contributed by atoms with Gasteiger partial charge in [-0.15, -0.1) is 0 Å². The molecule has 0 N–H and O–H groups in total. The van der Waals surface area contributed by atoms with Crippen LogP contribution in [0.2, 0.25) is 0 Å². The van der Waals surface area contributed by atoms with Crippen LogP contribution in [-0.4, -0.2) is 19.7 Å². The minimum absolute atomic E-state index is 0.710. The third kappa shape index (κ3) is 5.14. The fourth-order valence-corrected chi connectivity index (χ4v) is 2.33. The van der Waals surface area contributed by atoms with Crippen LogP contribution >= 0.6 is 0 Å². The number of hydrogen-bond donors (Lipinski definition) is 0. The topological polar surface area (TPSA) is 12.5 Å². The molecule has 2 aromatic carbocycles. The first-order chi connectivity index (χ1) is 10.3. The Hall–Kier alpha value is -1.96. The lowest BCUT2D eigenvalue weighted by molar-refractivity contribution is 0.323. The second-order valence-corrected chi connectivity index (χ2v) is 5.34. The van der Waals surface area contributed by atoms with Crippen LogP contribution < -0.4 is 9.64 Å². The summed E-state index contributed by atoms with van der Waals surface area (Å²) in [6.45, 7) is 7.08. The highest BCUT2D eigenvalue weighted by Gasteiger charge is 2.06. The summed E-state index contributed by atoms with van der Waals surface area (Å²) < 4.78 is 5.83. The second-order valence-electron chi connectivity index (χ2n) is 5.34. The summed E-state index contributed by atoms with van der Waals surface area (Å²) in [6.07, 6.45) is 2.42. The van der Waals surface area contributed by atoms with E-state index in [1.165, 1.54) is 24.1 Å². The maximum Gasteiger partial charge on any atom is 0.119 e. The molecule has 0 saturated heterocycles. The van der Waals surface area contributed by atoms with Crippen LogP contribution in [0, 0.1) is 6.92 Å². The molecule has 112 valence electrons. The van der Waals surface area contributed by atoms with Crippen molar-refractivity contribution in [3.05, 3.63) is 60.2 Å². The molecular weight excluding hydrogens is 258 g/mol. The molecule has 2 aromatic rings. The van der Waals surface area contributed by atoms with Gasteiger partial charge in [-0.2, -0.15) is 0 Å². The van der Waals surface area contributed by atoms with Crippen LogP contribution in [0.15, 0.2) is 54.6 Å². The van der Waals surface area contributed by atoms with E-state index < -0.39 is 0 Å². The zero-order valence-electron chi connectivity index (χ0n) is 13.1. The quantitative estimate of drug-likeness (QED) is 0.697. The van der Waals surface area contributed by atoms with E-state index in [0.717, 1.165) is 18.8 Å². The van der Waals surface area contributed by atoms with Gasteiger partial charge < -0.3 is 9.64 Å². The van der Waals surface area contributed by atoms with Gasteiger partial charge in [-0.3, -0.25) is 0 Å². The molecule has 21 heavy (non-hydrogen) atoms. The van der Waals surface area contributed by atoms with Crippen molar-refractivity contribution in [3.63, 3.8) is 0 Å². The van der Waals surface area contributed by atoms with E-state index in [1.54, 1.807) is 0 Å². The van der Waals surface area contributed by atoms with Gasteiger partial charge in [0.05, 0.1) is 6.54 Å². The Kier molecular flexibility index (Phi) is 6.14. The highest BCUT2D eigenvalue weighted by atomic mass is 16.5. The van der Waals surface area contributed by atoms with Crippen LogP contribution in [0.25, 0.3) is 0 Å². The van der Waals surface area contributed by atoms with Crippen molar-refractivity contribution < 1.29 is 4.74 Å². The van der Waals surface area contributed by atoms with Gasteiger partial charge in [0.25, 0.3) is 0 Å². The largest absolute Gasteiger partial charge is 0.492 e. The van der Waals surface area contributed by atoms with Crippen molar-refractivity contribution in [3.8, 4) is 5.75 Å². The Balaban J connectivity index is 1.93. The van der Waals surface area contributed by atoms with E-state index in [1.807, 2.05) is 30.3 Å². The summed E-state index contributed by atoms with van der Waals surface area (Å²) in [7, 11) is 0. The minimum atomic E-state index is 0.710. The number of anilines is 1. The molecule has 2 heteroatoms. The molecule has 0 heterocycles. The first kappa shape index (κ1) is 15.4. The summed E-state index contributed by atoms with van der Waals surface area (Å²) in [4.78, 5) is 2.42. The fourth-order valence-electron chi connectivity index (χ4n) is 2.33. The summed E-state index contributed by atoms with van der Waals surface area (Å²) >= 11 is 0. The molecule has 0 amide bonds. The molecule has 2 rings (SSSR count). The number of unbranched alkanes of at least 4 members (excludes halogenated alkanes) is 1. The van der Waals surface area contributed by atoms with Gasteiger partial charge in [-0.25, -0.2) is 0 Å². The molecule has 0 unspecified atom stereocenters. The normalized spacial score (nSPS) is 10.4. The van der Waals surface area contributed by atoms with Crippen molar-refractivity contribution >= 4 is 5.69 Å². The standard InChI is InChI=1S/C19H25NO/c1-3-4-13-20(18-10-8-9-17(2)16-18)14-15-21-19-11-6-5-7-12-19/h5-12,16H,3-4,13-15H2,1-2H3. The zero-order valence-corrected chi connectivity index (χ0v) is 13.1. The maximum atomic E-state index is 5.83. The molecule has 0 atom stereocenters. The Labute approximate surface area is 128 Å². The number of ether oxygens (including phenoxy) is 1. The Bertz CT molecular complexity index is 524. The first-order valence-corrected chi connectivity index (χ1v) is 7.79. The molecular formula is C19H25NO. The van der Waals surface area contributed by atoms with Gasteiger partial charge in [0.15, 0.2) is 0 Å². The van der Waals surface area contributed by atoms with Gasteiger partial charge in [-0.05, 0) is 43.2 Å². The van der Waals surface area contributed by atoms with E-state index in [2.05, 4.69) is 43.0 Å². The van der Waals surface area contributed by atoms with E-state index in [-0.39, 0.29) is 0 Å². The van der Waals surface area contributed by atoms with Crippen LogP contribution in [0.3, 0.4) is 0 Å². The van der Waals surface area contributed by atoms with Gasteiger partial charge in [0, 0.05) is 12.2 Å². The SMILES string of the molecule is CCCCN(CCOc1ccccc1)c1cccc(C)c1. The van der Waals surface area contributed by atoms with Crippen LogP contribution in [0.1, 0.15) is 25.3 Å². The smallest absolute Gasteiger partial charge is 0.119 e. The molecule has 2 nitrogen and oxygen atoms in total. The molecule has 0 bridgehead atoms. The van der Waals surface area contributed by atoms with Gasteiger partial charge in [-0.1, -0.05) is 43.7 Å². The molecule has 0 spiro atoms. The lowest BCUT2D eigenvalue weighted by atomic mass is 10.2. The highest BCUT2D eigenvalue weighted by molar-refractivity contribution is 5.48. The number of rotatable bonds is 8. The first-order valence-electron chi connectivity index (χ1n) is 7.79. The number of aryl methyl sites for hydroxylation is 1. The van der Waals surface area contributed by atoms with E-state index in [9.17, 15) is 0 Å². The second kappa shape index (κ2) is 8.35. The lowest BCUT2D eigenvalue weighted by Crippen LogP contribution is -2.29. The van der Waals surface area contributed by atoms with Crippen molar-refractivity contribution in [2.45, 2.75) is 26.7 Å². The van der Waals surface area contributed by atoms with Crippen molar-refractivity contribution in [2.75, 3.05) is 24.6 Å². The third-order valence-corrected chi connectivity index (χ3v) is 3.52. The molecule has 0 radical (unpaired) electrons. The number of nitrogens with zero attached hydrogens (tertiary/aromatic N) is 1. The van der Waals surface area contributed by atoms with Crippen LogP contribution in [0.5, 0.6) is 5.75 Å². The van der Waals surface area contributed by atoms with E-state index in [4.69, 9.17) is 4.74 Å². The summed E-state index contributed by atoms with van der Waals surface area (Å²) in [5.41, 5.74) is 2.60. The van der Waals surface area contributed by atoms with Crippen molar-refractivity contribution in [2.24, 2.45) is 0 Å². The summed E-state index contributed by atoms with van der Waals surface area (Å²) in [6, 6.07) is 18.7. The predicted octanol–water partition coefficient (Wildman–Crippen LogP) is 4.68. The molecule has 0 aliphatic heterocycles. The lowest BCUT2D eigenvalue weighted by Gasteiger charge is -2.25. The van der Waals surface area contributed by atoms with Crippen molar-refractivity contribution in [1.82, 2.24) is 0 Å². The van der Waals surface area contributed by atoms with Crippen LogP contribution in [0.4, 0.5) is 5.69 Å². The summed E-state index contributed by atoms with van der Waals surface area (Å²) in [5.74, 6) is 0.942. The monoisotopic (exact) mass is 283 g/mol. The number of benzene rings is 2. The predicted molar refractivity (Wildman–Crippen MR) is 90.2 cm³/mol. The molecule has 0 aromatic heterocycles. The highest BCUT2D eigenvalue weighted by Crippen LogP contribution is 2.17. The van der Waals surface area contributed by atoms with Gasteiger partial charge in [0.2, 0.25) is 0 Å². The Morgan fingerprint density at radius 3 is 2.48 bits per heavy atom. The van der Waals surface area contributed by atoms with Gasteiger partial charge >= 0.3 is 0 Å². The average molecular weight is 283 g/mol. The molecule has 0 aliphatic carbocycles. The molecule has 0 fully saturated rings. The molecule has 0 aliphatic rings. The number of hydrogen-bond acceptors (Lipinski definition) is 2. The Morgan fingerprint density at radius 2 is 1.76 bits per heavy atom. The Morgan fingerprint density at radius 1 is 0.952 bits per heavy atom. The average Bonchev–Trinajstić information content (AvgIpc) is 2.51. The van der Waals surface area contributed by atoms with E-state index >= 15 is 0 Å². The summed E-state index contributed by atoms with van der Waals surface area (Å²) in [5, 5.41) is 0. The van der Waals surface area contributed by atoms with E-state index in [0.29, 0.717) is 6.61 Å². The fraction of sp³-hybridized carbons (Fsp3) is 0.368. The number of para-hydroxylation sites is 1. The van der Waals surface area contributed by atoms with Gasteiger partial charge in [0.1, 0.15) is 12.4 Å². The maximum absolute atomic E-state index is 5.83. The zero-order chi connectivity index (χ0) is 14.9. The van der Waals surface area contributed by atoms with Crippen LogP contribution in [-0.2, 0) is 0 Å². The molecule has 0 saturated carbocycles. The minimum Gasteiger partial charge on any atom is -0.492 e. The van der Waals surface area contributed by atoms with Crippen molar-refractivity contribution in [1.29, 1.82) is 0 Å². The third-order valence-electron chi connectivity index (χ3n) is 3.52.